The molecule has 0 amide bonds. The van der Waals surface area contributed by atoms with Crippen LogP contribution in [0.5, 0.6) is 0 Å². The first-order chi connectivity index (χ1) is 6.91. The molecule has 1 saturated carbocycles. The summed E-state index contributed by atoms with van der Waals surface area (Å²) in [5.74, 6) is 0.808. The molecule has 1 rings (SSSR count). The summed E-state index contributed by atoms with van der Waals surface area (Å²) in [5.41, 5.74) is 0.0839. The lowest BCUT2D eigenvalue weighted by Gasteiger charge is -2.07. The number of ether oxygens (including phenoxy) is 1. The molecule has 2 atom stereocenters. The highest BCUT2D eigenvalue weighted by atomic mass is 16.5. The highest BCUT2D eigenvalue weighted by Gasteiger charge is 2.61. The molecule has 0 aromatic heterocycles. The lowest BCUT2D eigenvalue weighted by molar-refractivity contribution is -0.147. The maximum atomic E-state index is 11.8. The van der Waals surface area contributed by atoms with Crippen LogP contribution in [0.1, 0.15) is 34.6 Å². The van der Waals surface area contributed by atoms with Crippen molar-refractivity contribution in [1.29, 1.82) is 0 Å². The average molecular weight is 210 g/mol. The summed E-state index contributed by atoms with van der Waals surface area (Å²) in [6.07, 6.45) is 4.13. The first-order valence-electron chi connectivity index (χ1n) is 5.70. The van der Waals surface area contributed by atoms with Gasteiger partial charge in [0, 0.05) is 0 Å². The Kier molecular flexibility index (Phi) is 3.58. The molecule has 2 heteroatoms. The Morgan fingerprint density at radius 1 is 1.47 bits per heavy atom. The van der Waals surface area contributed by atoms with Gasteiger partial charge in [0.05, 0.1) is 12.5 Å². The van der Waals surface area contributed by atoms with Crippen LogP contribution >= 0.6 is 0 Å². The third kappa shape index (κ3) is 2.61. The molecule has 0 saturated heterocycles. The van der Waals surface area contributed by atoms with Crippen LogP contribution in [-0.2, 0) is 9.53 Å². The fraction of sp³-hybridized carbons (Fsp3) is 0.769. The summed E-state index contributed by atoms with van der Waals surface area (Å²) in [5, 5.41) is 0. The zero-order valence-electron chi connectivity index (χ0n) is 10.4. The summed E-state index contributed by atoms with van der Waals surface area (Å²) < 4.78 is 5.27. The summed E-state index contributed by atoms with van der Waals surface area (Å²) in [4.78, 5) is 11.8. The first-order valence-corrected chi connectivity index (χ1v) is 5.70. The molecular formula is C13H22O2. The lowest BCUT2D eigenvalue weighted by Crippen LogP contribution is -2.14. The normalized spacial score (nSPS) is 28.4. The molecule has 15 heavy (non-hydrogen) atoms. The van der Waals surface area contributed by atoms with E-state index < -0.39 is 0 Å². The fourth-order valence-electron chi connectivity index (χ4n) is 2.03. The van der Waals surface area contributed by atoms with Gasteiger partial charge in [-0.3, -0.25) is 4.79 Å². The number of allylic oxidation sites excluding steroid dienone is 2. The summed E-state index contributed by atoms with van der Waals surface area (Å²) in [7, 11) is 0. The smallest absolute Gasteiger partial charge is 0.310 e. The van der Waals surface area contributed by atoms with Crippen molar-refractivity contribution in [2.45, 2.75) is 34.6 Å². The third-order valence-corrected chi connectivity index (χ3v) is 3.12. The van der Waals surface area contributed by atoms with Gasteiger partial charge in [-0.1, -0.05) is 39.8 Å². The number of esters is 1. The van der Waals surface area contributed by atoms with Crippen molar-refractivity contribution in [2.24, 2.45) is 23.2 Å². The van der Waals surface area contributed by atoms with Crippen molar-refractivity contribution in [3.05, 3.63) is 12.2 Å². The predicted molar refractivity (Wildman–Crippen MR) is 61.4 cm³/mol. The van der Waals surface area contributed by atoms with Crippen molar-refractivity contribution >= 4 is 5.97 Å². The van der Waals surface area contributed by atoms with E-state index in [1.54, 1.807) is 0 Å². The van der Waals surface area contributed by atoms with Crippen LogP contribution < -0.4 is 0 Å². The maximum Gasteiger partial charge on any atom is 0.310 e. The van der Waals surface area contributed by atoms with Gasteiger partial charge in [0.2, 0.25) is 0 Å². The molecule has 0 aromatic rings. The SMILES string of the molecule is CC=CC1C(C(=O)OCC(C)C)C1(C)C. The van der Waals surface area contributed by atoms with Crippen LogP contribution in [-0.4, -0.2) is 12.6 Å². The van der Waals surface area contributed by atoms with Gasteiger partial charge in [0.25, 0.3) is 0 Å². The van der Waals surface area contributed by atoms with E-state index >= 15 is 0 Å². The quantitative estimate of drug-likeness (QED) is 0.526. The zero-order chi connectivity index (χ0) is 11.6. The molecule has 0 spiro atoms. The van der Waals surface area contributed by atoms with Crippen LogP contribution in [0.2, 0.25) is 0 Å². The molecular weight excluding hydrogens is 188 g/mol. The Morgan fingerprint density at radius 2 is 2.07 bits per heavy atom. The molecule has 0 radical (unpaired) electrons. The van der Waals surface area contributed by atoms with Crippen LogP contribution in [0.25, 0.3) is 0 Å². The third-order valence-electron chi connectivity index (χ3n) is 3.12. The highest BCUT2D eigenvalue weighted by Crippen LogP contribution is 2.59. The minimum Gasteiger partial charge on any atom is -0.465 e. The van der Waals surface area contributed by atoms with Crippen molar-refractivity contribution in [1.82, 2.24) is 0 Å². The van der Waals surface area contributed by atoms with Crippen LogP contribution in [0, 0.1) is 23.2 Å². The van der Waals surface area contributed by atoms with Gasteiger partial charge in [-0.15, -0.1) is 0 Å². The Morgan fingerprint density at radius 3 is 2.53 bits per heavy atom. The molecule has 0 N–H and O–H groups in total. The van der Waals surface area contributed by atoms with E-state index in [0.29, 0.717) is 18.4 Å². The van der Waals surface area contributed by atoms with Gasteiger partial charge in [-0.2, -0.15) is 0 Å². The fourth-order valence-corrected chi connectivity index (χ4v) is 2.03. The maximum absolute atomic E-state index is 11.8. The lowest BCUT2D eigenvalue weighted by atomic mass is 10.1. The number of hydrogen-bond donors (Lipinski definition) is 0. The second-order valence-electron chi connectivity index (χ2n) is 5.37. The van der Waals surface area contributed by atoms with Crippen molar-refractivity contribution in [2.75, 3.05) is 6.61 Å². The van der Waals surface area contributed by atoms with Crippen molar-refractivity contribution in [3.8, 4) is 0 Å². The minimum absolute atomic E-state index is 0.0307. The topological polar surface area (TPSA) is 26.3 Å². The summed E-state index contributed by atoms with van der Waals surface area (Å²) >= 11 is 0. The van der Waals surface area contributed by atoms with E-state index in [1.165, 1.54) is 0 Å². The second kappa shape index (κ2) is 4.38. The van der Waals surface area contributed by atoms with Gasteiger partial charge >= 0.3 is 5.97 Å². The van der Waals surface area contributed by atoms with E-state index in [4.69, 9.17) is 4.74 Å². The molecule has 2 unspecified atom stereocenters. The van der Waals surface area contributed by atoms with E-state index in [2.05, 4.69) is 33.8 Å². The molecule has 1 fully saturated rings. The highest BCUT2D eigenvalue weighted by molar-refractivity contribution is 5.78. The summed E-state index contributed by atoms with van der Waals surface area (Å²) in [6, 6.07) is 0. The number of rotatable bonds is 4. The molecule has 0 heterocycles. The van der Waals surface area contributed by atoms with E-state index in [0.717, 1.165) is 0 Å². The Hall–Kier alpha value is -0.790. The molecule has 1 aliphatic rings. The second-order valence-corrected chi connectivity index (χ2v) is 5.37. The van der Waals surface area contributed by atoms with Gasteiger partial charge in [0.15, 0.2) is 0 Å². The van der Waals surface area contributed by atoms with Crippen LogP contribution in [0.15, 0.2) is 12.2 Å². The number of hydrogen-bond acceptors (Lipinski definition) is 2. The molecule has 0 aliphatic heterocycles. The standard InChI is InChI=1S/C13H22O2/c1-6-7-10-11(13(10,4)5)12(14)15-8-9(2)3/h6-7,9-11H,8H2,1-5H3. The van der Waals surface area contributed by atoms with Gasteiger partial charge in [-0.05, 0) is 24.2 Å². The van der Waals surface area contributed by atoms with Crippen molar-refractivity contribution in [3.63, 3.8) is 0 Å². The largest absolute Gasteiger partial charge is 0.465 e. The van der Waals surface area contributed by atoms with E-state index in [1.807, 2.05) is 13.0 Å². The monoisotopic (exact) mass is 210 g/mol. The van der Waals surface area contributed by atoms with Gasteiger partial charge in [0.1, 0.15) is 0 Å². The molecule has 1 aliphatic carbocycles. The first kappa shape index (κ1) is 12.3. The number of carbonyl (C=O) groups is 1. The van der Waals surface area contributed by atoms with Crippen LogP contribution in [0.3, 0.4) is 0 Å². The molecule has 0 bridgehead atoms. The van der Waals surface area contributed by atoms with Crippen molar-refractivity contribution < 1.29 is 9.53 Å². The number of carbonyl (C=O) groups excluding carboxylic acids is 1. The zero-order valence-corrected chi connectivity index (χ0v) is 10.4. The molecule has 0 aromatic carbocycles. The van der Waals surface area contributed by atoms with Gasteiger partial charge in [-0.25, -0.2) is 0 Å². The van der Waals surface area contributed by atoms with Gasteiger partial charge < -0.3 is 4.74 Å². The van der Waals surface area contributed by atoms with E-state index in [9.17, 15) is 4.79 Å². The predicted octanol–water partition coefficient (Wildman–Crippen LogP) is 3.03. The van der Waals surface area contributed by atoms with Crippen LogP contribution in [0.4, 0.5) is 0 Å². The summed E-state index contributed by atoms with van der Waals surface area (Å²) in [6.45, 7) is 10.9. The minimum atomic E-state index is -0.0307. The Bertz CT molecular complexity index is 264. The molecule has 86 valence electrons. The van der Waals surface area contributed by atoms with E-state index in [-0.39, 0.29) is 17.3 Å². The Balaban J connectivity index is 2.49. The Labute approximate surface area is 92.7 Å². The average Bonchev–Trinajstić information content (AvgIpc) is 2.65. The molecule has 2 nitrogen and oxygen atoms in total.